The minimum Gasteiger partial charge on any atom is -0.384 e. The Bertz CT molecular complexity index is 215. The van der Waals surface area contributed by atoms with Crippen molar-refractivity contribution in [2.75, 3.05) is 33.4 Å². The van der Waals surface area contributed by atoms with Crippen molar-refractivity contribution in [3.8, 4) is 0 Å². The van der Waals surface area contributed by atoms with E-state index in [2.05, 4.69) is 18.7 Å². The molecule has 1 saturated heterocycles. The molecular weight excluding hydrogens is 198 g/mol. The summed E-state index contributed by atoms with van der Waals surface area (Å²) < 4.78 is 5.34. The van der Waals surface area contributed by atoms with E-state index < -0.39 is 0 Å². The Morgan fingerprint density at radius 2 is 1.88 bits per heavy atom. The molecule has 0 aromatic rings. The summed E-state index contributed by atoms with van der Waals surface area (Å²) in [6.07, 6.45) is 5.57. The van der Waals surface area contributed by atoms with Crippen LogP contribution in [-0.4, -0.2) is 38.3 Å². The van der Waals surface area contributed by atoms with E-state index in [4.69, 9.17) is 4.74 Å². The zero-order valence-electron chi connectivity index (χ0n) is 11.2. The molecule has 0 spiro atoms. The molecule has 2 nitrogen and oxygen atoms in total. The van der Waals surface area contributed by atoms with Crippen LogP contribution in [0.5, 0.6) is 0 Å². The fourth-order valence-electron chi connectivity index (χ4n) is 3.08. The molecule has 1 saturated carbocycles. The number of hydrogen-bond acceptors (Lipinski definition) is 2. The van der Waals surface area contributed by atoms with Gasteiger partial charge in [-0.15, -0.1) is 0 Å². The van der Waals surface area contributed by atoms with Crippen molar-refractivity contribution in [2.45, 2.75) is 39.5 Å². The van der Waals surface area contributed by atoms with E-state index in [0.29, 0.717) is 5.41 Å². The smallest absolute Gasteiger partial charge is 0.0530 e. The summed E-state index contributed by atoms with van der Waals surface area (Å²) in [5.74, 6) is 1.84. The molecule has 1 aliphatic heterocycles. The van der Waals surface area contributed by atoms with Gasteiger partial charge in [0.05, 0.1) is 6.61 Å². The lowest BCUT2D eigenvalue weighted by Gasteiger charge is -2.35. The van der Waals surface area contributed by atoms with Gasteiger partial charge >= 0.3 is 0 Å². The molecule has 0 aromatic heterocycles. The monoisotopic (exact) mass is 225 g/mol. The zero-order chi connectivity index (χ0) is 11.6. The van der Waals surface area contributed by atoms with E-state index in [1.807, 2.05) is 7.11 Å². The fourth-order valence-corrected chi connectivity index (χ4v) is 3.08. The van der Waals surface area contributed by atoms with Crippen molar-refractivity contribution in [1.82, 2.24) is 4.90 Å². The van der Waals surface area contributed by atoms with E-state index in [9.17, 15) is 0 Å². The normalized spacial score (nSPS) is 26.2. The van der Waals surface area contributed by atoms with Crippen LogP contribution in [0.25, 0.3) is 0 Å². The quantitative estimate of drug-likeness (QED) is 0.713. The highest BCUT2D eigenvalue weighted by Gasteiger charge is 2.44. The van der Waals surface area contributed by atoms with E-state index >= 15 is 0 Å². The van der Waals surface area contributed by atoms with Crippen LogP contribution in [0, 0.1) is 17.3 Å². The van der Waals surface area contributed by atoms with Gasteiger partial charge in [-0.3, -0.25) is 0 Å². The number of hydrogen-bond donors (Lipinski definition) is 0. The van der Waals surface area contributed by atoms with Gasteiger partial charge in [-0.25, -0.2) is 0 Å². The maximum Gasteiger partial charge on any atom is 0.0530 e. The van der Waals surface area contributed by atoms with Gasteiger partial charge in [-0.2, -0.15) is 0 Å². The van der Waals surface area contributed by atoms with Crippen molar-refractivity contribution >= 4 is 0 Å². The largest absolute Gasteiger partial charge is 0.384 e. The third-order valence-corrected chi connectivity index (χ3v) is 4.54. The van der Waals surface area contributed by atoms with Crippen molar-refractivity contribution in [2.24, 2.45) is 17.3 Å². The van der Waals surface area contributed by atoms with Crippen LogP contribution < -0.4 is 0 Å². The molecule has 0 N–H and O–H groups in total. The van der Waals surface area contributed by atoms with Crippen molar-refractivity contribution in [3.05, 3.63) is 0 Å². The molecule has 1 aliphatic carbocycles. The first kappa shape index (κ1) is 12.4. The molecule has 2 fully saturated rings. The number of ether oxygens (including phenoxy) is 1. The van der Waals surface area contributed by atoms with Gasteiger partial charge in [0.15, 0.2) is 0 Å². The molecule has 1 heterocycles. The summed E-state index contributed by atoms with van der Waals surface area (Å²) in [5, 5.41) is 0. The second-order valence-electron chi connectivity index (χ2n) is 6.29. The van der Waals surface area contributed by atoms with Crippen molar-refractivity contribution in [3.63, 3.8) is 0 Å². The predicted molar refractivity (Wildman–Crippen MR) is 67.5 cm³/mol. The van der Waals surface area contributed by atoms with E-state index in [-0.39, 0.29) is 0 Å². The average Bonchev–Trinajstić information content (AvgIpc) is 2.99. The van der Waals surface area contributed by atoms with Gasteiger partial charge in [0, 0.05) is 19.1 Å². The highest BCUT2D eigenvalue weighted by Crippen LogP contribution is 2.46. The lowest BCUT2D eigenvalue weighted by molar-refractivity contribution is 0.0847. The number of rotatable bonds is 5. The molecule has 0 aromatic carbocycles. The Morgan fingerprint density at radius 1 is 1.25 bits per heavy atom. The summed E-state index contributed by atoms with van der Waals surface area (Å²) in [6.45, 7) is 9.62. The predicted octanol–water partition coefficient (Wildman–Crippen LogP) is 2.78. The van der Waals surface area contributed by atoms with Crippen molar-refractivity contribution in [1.29, 1.82) is 0 Å². The van der Waals surface area contributed by atoms with Crippen molar-refractivity contribution < 1.29 is 4.74 Å². The number of likely N-dealkylation sites (tertiary alicyclic amines) is 1. The molecule has 0 amide bonds. The van der Waals surface area contributed by atoms with E-state index in [1.165, 1.54) is 45.3 Å². The second kappa shape index (κ2) is 5.05. The lowest BCUT2D eigenvalue weighted by Crippen LogP contribution is -2.39. The summed E-state index contributed by atoms with van der Waals surface area (Å²) in [7, 11) is 1.84. The zero-order valence-corrected chi connectivity index (χ0v) is 11.2. The minimum absolute atomic E-state index is 0.541. The number of piperidine rings is 1. The number of nitrogens with zero attached hydrogens (tertiary/aromatic N) is 1. The van der Waals surface area contributed by atoms with Crippen LogP contribution in [0.4, 0.5) is 0 Å². The van der Waals surface area contributed by atoms with Crippen LogP contribution in [0.3, 0.4) is 0 Å². The molecule has 16 heavy (non-hydrogen) atoms. The molecule has 0 unspecified atom stereocenters. The first-order chi connectivity index (χ1) is 7.65. The van der Waals surface area contributed by atoms with E-state index in [0.717, 1.165) is 18.4 Å². The Hall–Kier alpha value is -0.0800. The van der Waals surface area contributed by atoms with Crippen LogP contribution in [0.1, 0.15) is 39.5 Å². The summed E-state index contributed by atoms with van der Waals surface area (Å²) in [6, 6.07) is 0. The number of methoxy groups -OCH3 is 1. The van der Waals surface area contributed by atoms with Gasteiger partial charge in [0.1, 0.15) is 0 Å². The lowest BCUT2D eigenvalue weighted by atomic mass is 9.86. The third kappa shape index (κ3) is 2.98. The van der Waals surface area contributed by atoms with Gasteiger partial charge < -0.3 is 9.64 Å². The summed E-state index contributed by atoms with van der Waals surface area (Å²) >= 11 is 0. The van der Waals surface area contributed by atoms with Gasteiger partial charge in [0.25, 0.3) is 0 Å². The molecule has 0 atom stereocenters. The average molecular weight is 225 g/mol. The molecule has 2 aliphatic rings. The van der Waals surface area contributed by atoms with Crippen LogP contribution in [0.15, 0.2) is 0 Å². The minimum atomic E-state index is 0.541. The Morgan fingerprint density at radius 3 is 2.31 bits per heavy atom. The van der Waals surface area contributed by atoms with Gasteiger partial charge in [-0.05, 0) is 50.6 Å². The molecule has 2 heteroatoms. The fraction of sp³-hybridized carbons (Fsp3) is 1.00. The first-order valence-electron chi connectivity index (χ1n) is 6.86. The first-order valence-corrected chi connectivity index (χ1v) is 6.86. The molecular formula is C14H27NO. The topological polar surface area (TPSA) is 12.5 Å². The molecule has 2 rings (SSSR count). The highest BCUT2D eigenvalue weighted by atomic mass is 16.5. The summed E-state index contributed by atoms with van der Waals surface area (Å²) in [5.41, 5.74) is 0.541. The van der Waals surface area contributed by atoms with E-state index in [1.54, 1.807) is 0 Å². The maximum atomic E-state index is 5.34. The third-order valence-electron chi connectivity index (χ3n) is 4.54. The summed E-state index contributed by atoms with van der Waals surface area (Å²) in [4.78, 5) is 2.67. The highest BCUT2D eigenvalue weighted by molar-refractivity contribution is 4.96. The standard InChI is InChI=1S/C14H27NO/c1-12(2)13-4-8-15(9-5-13)10-14(6-7-14)11-16-3/h12-13H,4-11H2,1-3H3. The van der Waals surface area contributed by atoms with Crippen LogP contribution in [0.2, 0.25) is 0 Å². The maximum absolute atomic E-state index is 5.34. The second-order valence-corrected chi connectivity index (χ2v) is 6.29. The Kier molecular flexibility index (Phi) is 3.91. The molecule has 0 radical (unpaired) electrons. The SMILES string of the molecule is COCC1(CN2CCC(C(C)C)CC2)CC1. The molecule has 0 bridgehead atoms. The Balaban J connectivity index is 1.73. The van der Waals surface area contributed by atoms with Gasteiger partial charge in [-0.1, -0.05) is 13.8 Å². The Labute approximate surface area is 100 Å². The molecule has 94 valence electrons. The van der Waals surface area contributed by atoms with Crippen LogP contribution >= 0.6 is 0 Å². The van der Waals surface area contributed by atoms with Crippen LogP contribution in [-0.2, 0) is 4.74 Å². The van der Waals surface area contributed by atoms with Gasteiger partial charge in [0.2, 0.25) is 0 Å².